The number of benzene rings is 2. The number of hydrogen-bond donors (Lipinski definition) is 1. The zero-order chi connectivity index (χ0) is 23.5. The smallest absolute Gasteiger partial charge is 0.287 e. The van der Waals surface area contributed by atoms with Crippen molar-refractivity contribution in [1.29, 1.82) is 0 Å². The molecule has 0 radical (unpaired) electrons. The SMILES string of the molecule is COc1cc(-n2cnc3cc(-c4cnccn4)ccc32)cc(OC)c1C(=O)NC(F)C(F)F. The summed E-state index contributed by atoms with van der Waals surface area (Å²) in [6, 6.07) is 8.59. The molecule has 0 saturated carbocycles. The summed E-state index contributed by atoms with van der Waals surface area (Å²) in [7, 11) is 2.60. The van der Waals surface area contributed by atoms with E-state index in [4.69, 9.17) is 9.47 Å². The predicted molar refractivity (Wildman–Crippen MR) is 114 cm³/mol. The highest BCUT2D eigenvalue weighted by molar-refractivity contribution is 6.00. The molecule has 2 heterocycles. The van der Waals surface area contributed by atoms with E-state index in [-0.39, 0.29) is 17.1 Å². The highest BCUT2D eigenvalue weighted by Crippen LogP contribution is 2.34. The first-order valence-corrected chi connectivity index (χ1v) is 9.66. The van der Waals surface area contributed by atoms with Gasteiger partial charge in [-0.3, -0.25) is 19.3 Å². The van der Waals surface area contributed by atoms with Gasteiger partial charge < -0.3 is 14.8 Å². The summed E-state index contributed by atoms with van der Waals surface area (Å²) in [4.78, 5) is 25.2. The lowest BCUT2D eigenvalue weighted by Gasteiger charge is -2.17. The Bertz CT molecular complexity index is 1270. The fourth-order valence-electron chi connectivity index (χ4n) is 3.35. The number of ether oxygens (including phenoxy) is 2. The molecule has 170 valence electrons. The van der Waals surface area contributed by atoms with E-state index in [2.05, 4.69) is 15.0 Å². The molecule has 4 rings (SSSR count). The van der Waals surface area contributed by atoms with Crippen LogP contribution in [0.5, 0.6) is 11.5 Å². The van der Waals surface area contributed by atoms with Crippen molar-refractivity contribution in [2.24, 2.45) is 0 Å². The monoisotopic (exact) mass is 457 g/mol. The van der Waals surface area contributed by atoms with Gasteiger partial charge >= 0.3 is 0 Å². The molecule has 0 saturated heterocycles. The van der Waals surface area contributed by atoms with Crippen LogP contribution in [0.1, 0.15) is 10.4 Å². The number of methoxy groups -OCH3 is 2. The van der Waals surface area contributed by atoms with Crippen LogP contribution >= 0.6 is 0 Å². The first kappa shape index (κ1) is 22.1. The number of carbonyl (C=O) groups is 1. The number of aromatic nitrogens is 4. The second-order valence-electron chi connectivity index (χ2n) is 6.84. The lowest BCUT2D eigenvalue weighted by atomic mass is 10.1. The van der Waals surface area contributed by atoms with E-state index in [9.17, 15) is 18.0 Å². The maximum Gasteiger partial charge on any atom is 0.287 e. The van der Waals surface area contributed by atoms with E-state index in [1.807, 2.05) is 18.2 Å². The standard InChI is InChI=1S/C22H18F3N5O3/c1-32-17-8-13(9-18(33-2)19(17)22(31)29-21(25)20(23)24)30-11-28-14-7-12(3-4-16(14)30)15-10-26-5-6-27-15/h3-11,20-21H,1-2H3,(H,29,31). The number of imidazole rings is 1. The number of fused-ring (bicyclic) bond motifs is 1. The molecule has 33 heavy (non-hydrogen) atoms. The molecule has 2 aromatic carbocycles. The van der Waals surface area contributed by atoms with Crippen molar-refractivity contribution in [3.05, 3.63) is 60.8 Å². The zero-order valence-corrected chi connectivity index (χ0v) is 17.5. The first-order valence-electron chi connectivity index (χ1n) is 9.66. The van der Waals surface area contributed by atoms with Crippen LogP contribution < -0.4 is 14.8 Å². The third kappa shape index (κ3) is 4.29. The van der Waals surface area contributed by atoms with E-state index >= 15 is 0 Å². The number of nitrogens with one attached hydrogen (secondary N) is 1. The lowest BCUT2D eigenvalue weighted by Crippen LogP contribution is -2.36. The minimum absolute atomic E-state index is 0.0151. The molecule has 0 aliphatic carbocycles. The van der Waals surface area contributed by atoms with Gasteiger partial charge in [0.1, 0.15) is 23.4 Å². The minimum Gasteiger partial charge on any atom is -0.496 e. The molecule has 0 bridgehead atoms. The second kappa shape index (κ2) is 9.15. The number of halogens is 3. The van der Waals surface area contributed by atoms with E-state index in [0.717, 1.165) is 11.1 Å². The van der Waals surface area contributed by atoms with Crippen LogP contribution in [0.3, 0.4) is 0 Å². The maximum absolute atomic E-state index is 13.4. The number of amides is 1. The molecule has 1 amide bonds. The molecule has 0 spiro atoms. The van der Waals surface area contributed by atoms with Crippen molar-refractivity contribution in [3.63, 3.8) is 0 Å². The summed E-state index contributed by atoms with van der Waals surface area (Å²) in [5, 5.41) is 1.60. The molecule has 0 aliphatic rings. The summed E-state index contributed by atoms with van der Waals surface area (Å²) in [6.45, 7) is 0. The third-order valence-electron chi connectivity index (χ3n) is 4.89. The fourth-order valence-corrected chi connectivity index (χ4v) is 3.35. The summed E-state index contributed by atoms with van der Waals surface area (Å²) in [5.74, 6) is -1.06. The van der Waals surface area contributed by atoms with Crippen molar-refractivity contribution in [3.8, 4) is 28.4 Å². The average Bonchev–Trinajstić information content (AvgIpc) is 3.26. The van der Waals surface area contributed by atoms with E-state index in [1.165, 1.54) is 26.4 Å². The Morgan fingerprint density at radius 3 is 2.36 bits per heavy atom. The van der Waals surface area contributed by atoms with Gasteiger partial charge in [0.2, 0.25) is 6.30 Å². The Hall–Kier alpha value is -4.15. The van der Waals surface area contributed by atoms with Crippen molar-refractivity contribution < 1.29 is 27.4 Å². The number of rotatable bonds is 7. The van der Waals surface area contributed by atoms with Crippen LogP contribution in [-0.2, 0) is 0 Å². The number of alkyl halides is 3. The minimum atomic E-state index is -3.37. The Balaban J connectivity index is 1.75. The van der Waals surface area contributed by atoms with Gasteiger partial charge in [-0.2, -0.15) is 0 Å². The molecule has 1 atom stereocenters. The average molecular weight is 457 g/mol. The molecule has 1 N–H and O–H groups in total. The van der Waals surface area contributed by atoms with E-state index < -0.39 is 18.6 Å². The molecule has 1 unspecified atom stereocenters. The summed E-state index contributed by atoms with van der Waals surface area (Å²) in [5.41, 5.74) is 3.27. The Kier molecular flexibility index (Phi) is 6.11. The van der Waals surface area contributed by atoms with Crippen LogP contribution in [0.15, 0.2) is 55.2 Å². The topological polar surface area (TPSA) is 91.2 Å². The van der Waals surface area contributed by atoms with Crippen LogP contribution in [0.4, 0.5) is 13.2 Å². The second-order valence-corrected chi connectivity index (χ2v) is 6.84. The highest BCUT2D eigenvalue weighted by Gasteiger charge is 2.27. The summed E-state index contributed by atoms with van der Waals surface area (Å²) in [6.07, 6.45) is 0.215. The molecule has 2 aromatic heterocycles. The normalized spacial score (nSPS) is 12.1. The van der Waals surface area contributed by atoms with Gasteiger partial charge in [-0.1, -0.05) is 6.07 Å². The van der Waals surface area contributed by atoms with Crippen LogP contribution in [0.25, 0.3) is 28.0 Å². The van der Waals surface area contributed by atoms with E-state index in [1.54, 1.807) is 34.8 Å². The van der Waals surface area contributed by atoms with Crippen LogP contribution in [0.2, 0.25) is 0 Å². The fraction of sp³-hybridized carbons (Fsp3) is 0.182. The van der Waals surface area contributed by atoms with Gasteiger partial charge in [-0.05, 0) is 12.1 Å². The maximum atomic E-state index is 13.4. The van der Waals surface area contributed by atoms with Crippen molar-refractivity contribution >= 4 is 16.9 Å². The molecule has 8 nitrogen and oxygen atoms in total. The highest BCUT2D eigenvalue weighted by atomic mass is 19.3. The van der Waals surface area contributed by atoms with Gasteiger partial charge in [-0.25, -0.2) is 18.2 Å². The predicted octanol–water partition coefficient (Wildman–Crippen LogP) is 3.79. The molecule has 0 fully saturated rings. The Labute approximate surface area is 186 Å². The van der Waals surface area contributed by atoms with Gasteiger partial charge in [-0.15, -0.1) is 0 Å². The summed E-state index contributed by atoms with van der Waals surface area (Å²) < 4.78 is 50.7. The molecular weight excluding hydrogens is 439 g/mol. The molecular formula is C22H18F3N5O3. The Morgan fingerprint density at radius 2 is 1.76 bits per heavy atom. The van der Waals surface area contributed by atoms with Gasteiger partial charge in [0.25, 0.3) is 12.3 Å². The van der Waals surface area contributed by atoms with Crippen molar-refractivity contribution in [2.75, 3.05) is 14.2 Å². The molecule has 4 aromatic rings. The lowest BCUT2D eigenvalue weighted by molar-refractivity contribution is 0.0285. The third-order valence-corrected chi connectivity index (χ3v) is 4.89. The van der Waals surface area contributed by atoms with Crippen LogP contribution in [0, 0.1) is 0 Å². The largest absolute Gasteiger partial charge is 0.496 e. The van der Waals surface area contributed by atoms with Gasteiger partial charge in [0.05, 0.1) is 42.8 Å². The number of hydrogen-bond acceptors (Lipinski definition) is 6. The quantitative estimate of drug-likeness (QED) is 0.425. The summed E-state index contributed by atoms with van der Waals surface area (Å²) >= 11 is 0. The molecule has 11 heteroatoms. The van der Waals surface area contributed by atoms with Gasteiger partial charge in [0.15, 0.2) is 0 Å². The first-order chi connectivity index (χ1) is 15.9. The van der Waals surface area contributed by atoms with Crippen LogP contribution in [-0.4, -0.2) is 52.4 Å². The molecule has 0 aliphatic heterocycles. The Morgan fingerprint density at radius 1 is 1.03 bits per heavy atom. The number of nitrogens with zero attached hydrogens (tertiary/aromatic N) is 4. The van der Waals surface area contributed by atoms with E-state index in [0.29, 0.717) is 16.9 Å². The zero-order valence-electron chi connectivity index (χ0n) is 17.5. The number of carbonyl (C=O) groups excluding carboxylic acids is 1. The van der Waals surface area contributed by atoms with Crippen molar-refractivity contribution in [2.45, 2.75) is 12.7 Å². The van der Waals surface area contributed by atoms with Gasteiger partial charge in [0, 0.05) is 30.1 Å². The van der Waals surface area contributed by atoms with Crippen molar-refractivity contribution in [1.82, 2.24) is 24.8 Å².